The second kappa shape index (κ2) is 15.5. The van der Waals surface area contributed by atoms with E-state index in [1.807, 2.05) is 24.3 Å². The van der Waals surface area contributed by atoms with Gasteiger partial charge in [0.2, 0.25) is 0 Å². The molecule has 276 valence electrons. The van der Waals surface area contributed by atoms with Gasteiger partial charge in [-0.25, -0.2) is 0 Å². The average Bonchev–Trinajstić information content (AvgIpc) is 3.86. The fourth-order valence-corrected chi connectivity index (χ4v) is 12.6. The molecule has 5 heterocycles. The number of hydrogen-bond acceptors (Lipinski definition) is 9. The van der Waals surface area contributed by atoms with Gasteiger partial charge in [0, 0.05) is 0 Å². The Bertz CT molecular complexity index is 1010. The summed E-state index contributed by atoms with van der Waals surface area (Å²) in [5.41, 5.74) is 1.26. The van der Waals surface area contributed by atoms with Crippen molar-refractivity contribution >= 4 is 12.6 Å². The Labute approximate surface area is 312 Å². The molecule has 10 heteroatoms. The number of rotatable bonds is 0. The molecule has 4 aliphatic carbocycles. The first-order chi connectivity index (χ1) is 23.6. The Morgan fingerprint density at radius 1 is 0.367 bits per heavy atom. The van der Waals surface area contributed by atoms with E-state index in [1.165, 1.54) is 108 Å². The first-order valence-corrected chi connectivity index (χ1v) is 20.8. The molecule has 8 bridgehead atoms. The van der Waals surface area contributed by atoms with E-state index in [0.29, 0.717) is 49.3 Å². The molecule has 8 atom stereocenters. The van der Waals surface area contributed by atoms with Crippen LogP contribution in [0.4, 0.5) is 0 Å². The molecule has 8 N–H and O–H groups in total. The van der Waals surface area contributed by atoms with Gasteiger partial charge in [-0.15, -0.1) is 0 Å². The first-order valence-electron chi connectivity index (χ1n) is 20.4. The second-order valence-electron chi connectivity index (χ2n) is 17.4. The molecule has 5 saturated heterocycles. The van der Waals surface area contributed by atoms with Crippen LogP contribution in [0.15, 0.2) is 29.2 Å². The van der Waals surface area contributed by atoms with E-state index < -0.39 is 0 Å². The Morgan fingerprint density at radius 3 is 0.714 bits per heavy atom. The minimum absolute atomic E-state index is 0. The molecule has 8 unspecified atom stereocenters. The van der Waals surface area contributed by atoms with Crippen LogP contribution < -0.4 is 42.5 Å². The van der Waals surface area contributed by atoms with Gasteiger partial charge in [0.1, 0.15) is 0 Å². The number of benzene rings is 1. The van der Waals surface area contributed by atoms with Crippen LogP contribution in [0.2, 0.25) is 0 Å². The Balaban J connectivity index is 0.000000344. The Kier molecular flexibility index (Phi) is 11.3. The molecule has 4 saturated carbocycles. The van der Waals surface area contributed by atoms with E-state index >= 15 is 0 Å². The fraction of sp³-hybridized carbons (Fsp3) is 0.846. The smallest absolute Gasteiger partial charge is 0.780 e. The normalized spacial score (nSPS) is 48.5. The molecule has 10 rings (SSSR count). The monoisotopic (exact) mass is 738 g/mol. The van der Waals surface area contributed by atoms with Crippen molar-refractivity contribution in [1.82, 2.24) is 42.5 Å². The van der Waals surface area contributed by atoms with Crippen molar-refractivity contribution in [2.45, 2.75) is 164 Å². The van der Waals surface area contributed by atoms with Crippen molar-refractivity contribution in [2.24, 2.45) is 47.3 Å². The van der Waals surface area contributed by atoms with Gasteiger partial charge in [0.25, 0.3) is 0 Å². The molecule has 8 nitrogen and oxygen atoms in total. The van der Waals surface area contributed by atoms with Crippen LogP contribution in [0.3, 0.4) is 0 Å². The number of aryl methyl sites for hydroxylation is 1. The summed E-state index contributed by atoms with van der Waals surface area (Å²) in [4.78, 5) is 0.913. The second-order valence-corrected chi connectivity index (χ2v) is 17.9. The third-order valence-electron chi connectivity index (χ3n) is 14.8. The summed E-state index contributed by atoms with van der Waals surface area (Å²) in [6.45, 7) is 2.05. The predicted molar refractivity (Wildman–Crippen MR) is 194 cm³/mol. The largest absolute Gasteiger partial charge is 1.00 e. The zero-order valence-corrected chi connectivity index (χ0v) is 31.3. The van der Waals surface area contributed by atoms with E-state index in [9.17, 15) is 0 Å². The standard InChI is InChI=1S/C32H56N8.C7H8S.Cu/c1-2-10-18-17(9-1)25-33-26(18)38-28-21-13-5-6-14-22(21)30(35-28)40-32-24-16-8-7-15-23(24)31(36-32)39-29-20-12-4-3-11-19(20)27(34-29)37-25;1-6-2-4-7(8)5-3-6;/h17-40H,1-16H2;2-5,8H,1H3;/q;;+1/p-1. The molecule has 9 aliphatic rings. The minimum atomic E-state index is 0. The van der Waals surface area contributed by atoms with Gasteiger partial charge in [-0.1, -0.05) is 81.2 Å². The van der Waals surface area contributed by atoms with E-state index in [2.05, 4.69) is 49.5 Å². The van der Waals surface area contributed by atoms with Gasteiger partial charge in [-0.05, 0) is 106 Å². The molecule has 0 amide bonds. The van der Waals surface area contributed by atoms with Crippen LogP contribution in [0.1, 0.15) is 108 Å². The Hall–Kier alpha value is -0.361. The van der Waals surface area contributed by atoms with Crippen LogP contribution in [0, 0.1) is 54.3 Å². The first kappa shape index (κ1) is 35.7. The maximum absolute atomic E-state index is 4.87. The van der Waals surface area contributed by atoms with Gasteiger partial charge < -0.3 is 12.6 Å². The summed E-state index contributed by atoms with van der Waals surface area (Å²) in [6.07, 6.45) is 25.6. The molecule has 0 aromatic heterocycles. The van der Waals surface area contributed by atoms with Crippen molar-refractivity contribution in [3.8, 4) is 0 Å². The van der Waals surface area contributed by atoms with E-state index in [1.54, 1.807) is 0 Å². The molecule has 9 fully saturated rings. The summed E-state index contributed by atoms with van der Waals surface area (Å²) in [7, 11) is 0. The molecule has 1 aromatic rings. The van der Waals surface area contributed by atoms with Crippen LogP contribution >= 0.6 is 0 Å². The Morgan fingerprint density at radius 2 is 0.551 bits per heavy atom. The van der Waals surface area contributed by atoms with Crippen LogP contribution in [0.25, 0.3) is 0 Å². The molecular formula is C39H63CuN8S. The van der Waals surface area contributed by atoms with Crippen LogP contribution in [0.5, 0.6) is 0 Å². The van der Waals surface area contributed by atoms with Gasteiger partial charge in [0.05, 0.1) is 49.3 Å². The van der Waals surface area contributed by atoms with Gasteiger partial charge in [0.15, 0.2) is 0 Å². The number of fused-ring (bicyclic) bond motifs is 20. The fourth-order valence-electron chi connectivity index (χ4n) is 12.5. The third kappa shape index (κ3) is 7.17. The van der Waals surface area contributed by atoms with Crippen molar-refractivity contribution in [3.05, 3.63) is 29.8 Å². The SMILES string of the molecule is C1CCC2C3NC(NC4NC(NC5NC(NC6NC(N3)C3CCCCC63)C3CCCCC53)C3CCCCC43)C2C1.Cc1ccc([S-])cc1.[Cu+]. The van der Waals surface area contributed by atoms with Crippen LogP contribution in [-0.4, -0.2) is 49.3 Å². The molecule has 0 radical (unpaired) electrons. The summed E-state index contributed by atoms with van der Waals surface area (Å²) in [5, 5.41) is 33.8. The van der Waals surface area contributed by atoms with Crippen molar-refractivity contribution in [1.29, 1.82) is 0 Å². The van der Waals surface area contributed by atoms with Crippen molar-refractivity contribution < 1.29 is 17.1 Å². The topological polar surface area (TPSA) is 96.2 Å². The summed E-state index contributed by atoms with van der Waals surface area (Å²) < 4.78 is 0. The third-order valence-corrected chi connectivity index (χ3v) is 15.1. The van der Waals surface area contributed by atoms with Gasteiger partial charge in [-0.2, -0.15) is 4.90 Å². The zero-order valence-electron chi connectivity index (χ0n) is 29.6. The quantitative estimate of drug-likeness (QED) is 0.145. The van der Waals surface area contributed by atoms with E-state index in [-0.39, 0.29) is 17.1 Å². The molecule has 5 aliphatic heterocycles. The average molecular weight is 740 g/mol. The molecule has 0 spiro atoms. The number of hydrogen-bond donors (Lipinski definition) is 8. The summed E-state index contributed by atoms with van der Waals surface area (Å²) in [5.74, 6) is 5.97. The van der Waals surface area contributed by atoms with Gasteiger partial charge in [-0.3, -0.25) is 42.5 Å². The van der Waals surface area contributed by atoms with Crippen LogP contribution in [-0.2, 0) is 29.7 Å². The van der Waals surface area contributed by atoms with Gasteiger partial charge >= 0.3 is 17.1 Å². The molecular weight excluding hydrogens is 676 g/mol. The maximum atomic E-state index is 4.87. The molecule has 49 heavy (non-hydrogen) atoms. The van der Waals surface area contributed by atoms with Crippen molar-refractivity contribution in [2.75, 3.05) is 0 Å². The van der Waals surface area contributed by atoms with E-state index in [0.717, 1.165) is 52.2 Å². The summed E-state index contributed by atoms with van der Waals surface area (Å²) >= 11 is 4.87. The predicted octanol–water partition coefficient (Wildman–Crippen LogP) is 4.50. The maximum Gasteiger partial charge on any atom is 1.00 e. The van der Waals surface area contributed by atoms with E-state index in [4.69, 9.17) is 12.6 Å². The van der Waals surface area contributed by atoms with Crippen molar-refractivity contribution in [3.63, 3.8) is 0 Å². The summed E-state index contributed by atoms with van der Waals surface area (Å²) in [6, 6.07) is 7.90. The molecule has 1 aromatic carbocycles. The number of nitrogens with one attached hydrogen (secondary N) is 8. The minimum Gasteiger partial charge on any atom is -0.780 e. The zero-order chi connectivity index (χ0) is 32.2.